The Kier molecular flexibility index (Phi) is 5.94. The van der Waals surface area contributed by atoms with Gasteiger partial charge in [0.2, 0.25) is 0 Å². The van der Waals surface area contributed by atoms with Crippen molar-refractivity contribution in [1.82, 2.24) is 5.32 Å². The maximum absolute atomic E-state index is 14.3. The van der Waals surface area contributed by atoms with Crippen LogP contribution >= 0.6 is 43.2 Å². The lowest BCUT2D eigenvalue weighted by Crippen LogP contribution is -2.24. The summed E-state index contributed by atoms with van der Waals surface area (Å²) < 4.78 is 30.0. The molecule has 2 rings (SSSR count). The van der Waals surface area contributed by atoms with Gasteiger partial charge in [0.15, 0.2) is 0 Å². The zero-order valence-electron chi connectivity index (χ0n) is 11.6. The normalized spacial score (nSPS) is 12.7. The second-order valence-electron chi connectivity index (χ2n) is 4.79. The largest absolute Gasteiger partial charge is 0.306 e. The summed E-state index contributed by atoms with van der Waals surface area (Å²) in [5, 5.41) is 3.29. The van der Waals surface area contributed by atoms with Crippen molar-refractivity contribution < 1.29 is 8.78 Å². The topological polar surface area (TPSA) is 12.0 Å². The SMILES string of the molecule is CCCNC(c1cc(F)c(C)cc1F)c1cc(Br)sc1Br. The van der Waals surface area contributed by atoms with Crippen LogP contribution in [0.5, 0.6) is 0 Å². The highest BCUT2D eigenvalue weighted by atomic mass is 79.9. The summed E-state index contributed by atoms with van der Waals surface area (Å²) in [4.78, 5) is 0. The van der Waals surface area contributed by atoms with E-state index in [1.54, 1.807) is 6.92 Å². The molecule has 2 aromatic rings. The van der Waals surface area contributed by atoms with E-state index >= 15 is 0 Å². The third kappa shape index (κ3) is 3.92. The summed E-state index contributed by atoms with van der Waals surface area (Å²) >= 11 is 8.44. The van der Waals surface area contributed by atoms with Crippen LogP contribution in [0.1, 0.15) is 36.1 Å². The molecule has 1 unspecified atom stereocenters. The van der Waals surface area contributed by atoms with Crippen LogP contribution in [0.3, 0.4) is 0 Å². The van der Waals surface area contributed by atoms with Gasteiger partial charge in [0.05, 0.1) is 13.6 Å². The fourth-order valence-electron chi connectivity index (χ4n) is 2.11. The van der Waals surface area contributed by atoms with Crippen LogP contribution < -0.4 is 5.32 Å². The van der Waals surface area contributed by atoms with E-state index in [4.69, 9.17) is 0 Å². The Morgan fingerprint density at radius 3 is 2.43 bits per heavy atom. The van der Waals surface area contributed by atoms with E-state index in [-0.39, 0.29) is 11.9 Å². The fourth-order valence-corrected chi connectivity index (χ4v) is 5.01. The van der Waals surface area contributed by atoms with Crippen LogP contribution in [0.2, 0.25) is 0 Å². The van der Waals surface area contributed by atoms with Crippen molar-refractivity contribution in [2.45, 2.75) is 26.3 Å². The average Bonchev–Trinajstić information content (AvgIpc) is 2.75. The van der Waals surface area contributed by atoms with Crippen LogP contribution in [0.4, 0.5) is 8.78 Å². The first-order valence-corrected chi connectivity index (χ1v) is 8.98. The molecular weight excluding hydrogens is 424 g/mol. The number of rotatable bonds is 5. The van der Waals surface area contributed by atoms with Gasteiger partial charge in [-0.25, -0.2) is 8.78 Å². The monoisotopic (exact) mass is 437 g/mol. The van der Waals surface area contributed by atoms with Crippen LogP contribution in [-0.2, 0) is 0 Å². The minimum atomic E-state index is -0.392. The zero-order valence-corrected chi connectivity index (χ0v) is 15.6. The number of aryl methyl sites for hydroxylation is 1. The summed E-state index contributed by atoms with van der Waals surface area (Å²) in [7, 11) is 0. The van der Waals surface area contributed by atoms with Crippen LogP contribution in [-0.4, -0.2) is 6.54 Å². The van der Waals surface area contributed by atoms with Crippen LogP contribution in [0.15, 0.2) is 25.8 Å². The molecule has 0 amide bonds. The number of benzene rings is 1. The van der Waals surface area contributed by atoms with Gasteiger partial charge in [-0.15, -0.1) is 11.3 Å². The molecule has 21 heavy (non-hydrogen) atoms. The van der Waals surface area contributed by atoms with Gasteiger partial charge >= 0.3 is 0 Å². The van der Waals surface area contributed by atoms with E-state index in [1.807, 2.05) is 13.0 Å². The number of halogens is 4. The summed E-state index contributed by atoms with van der Waals surface area (Å²) in [5.41, 5.74) is 1.55. The second-order valence-corrected chi connectivity index (χ2v) is 8.54. The molecule has 1 aromatic heterocycles. The number of nitrogens with one attached hydrogen (secondary N) is 1. The smallest absolute Gasteiger partial charge is 0.128 e. The highest BCUT2D eigenvalue weighted by Gasteiger charge is 2.22. The fraction of sp³-hybridized carbons (Fsp3) is 0.333. The Hall–Kier alpha value is -0.300. The van der Waals surface area contributed by atoms with Gasteiger partial charge in [-0.05, 0) is 81.1 Å². The predicted molar refractivity (Wildman–Crippen MR) is 91.0 cm³/mol. The lowest BCUT2D eigenvalue weighted by atomic mass is 9.99. The van der Waals surface area contributed by atoms with Gasteiger partial charge in [-0.1, -0.05) is 6.92 Å². The molecule has 1 N–H and O–H groups in total. The Labute approximate surface area is 144 Å². The molecule has 0 aliphatic carbocycles. The average molecular weight is 439 g/mol. The number of hydrogen-bond acceptors (Lipinski definition) is 2. The molecule has 0 fully saturated rings. The minimum Gasteiger partial charge on any atom is -0.306 e. The summed E-state index contributed by atoms with van der Waals surface area (Å²) in [6.45, 7) is 4.32. The molecule has 0 aliphatic rings. The van der Waals surface area contributed by atoms with E-state index in [9.17, 15) is 8.78 Å². The highest BCUT2D eigenvalue weighted by molar-refractivity contribution is 9.12. The van der Waals surface area contributed by atoms with Gasteiger partial charge in [0.1, 0.15) is 11.6 Å². The summed E-state index contributed by atoms with van der Waals surface area (Å²) in [6.07, 6.45) is 0.912. The first-order chi connectivity index (χ1) is 9.93. The molecule has 1 nitrogen and oxygen atoms in total. The van der Waals surface area contributed by atoms with Crippen molar-refractivity contribution >= 4 is 43.2 Å². The molecule has 0 saturated heterocycles. The van der Waals surface area contributed by atoms with Crippen molar-refractivity contribution in [2.24, 2.45) is 0 Å². The second kappa shape index (κ2) is 7.31. The molecule has 0 spiro atoms. The lowest BCUT2D eigenvalue weighted by Gasteiger charge is -2.20. The number of thiophene rings is 1. The maximum atomic E-state index is 14.3. The van der Waals surface area contributed by atoms with Crippen molar-refractivity contribution in [1.29, 1.82) is 0 Å². The molecular formula is C15H15Br2F2NS. The summed E-state index contributed by atoms with van der Waals surface area (Å²) in [5.74, 6) is -0.781. The van der Waals surface area contributed by atoms with Crippen molar-refractivity contribution in [3.8, 4) is 0 Å². The molecule has 0 bridgehead atoms. The molecule has 1 heterocycles. The van der Waals surface area contributed by atoms with Gasteiger partial charge in [-0.3, -0.25) is 0 Å². The molecule has 114 valence electrons. The van der Waals surface area contributed by atoms with E-state index in [0.717, 1.165) is 26.1 Å². The third-order valence-electron chi connectivity index (χ3n) is 3.18. The van der Waals surface area contributed by atoms with E-state index < -0.39 is 5.82 Å². The minimum absolute atomic E-state index is 0.316. The molecule has 0 aliphatic heterocycles. The zero-order chi connectivity index (χ0) is 15.6. The third-order valence-corrected chi connectivity index (χ3v) is 5.57. The standard InChI is InChI=1S/C15H15Br2F2NS/c1-3-4-20-14(10-7-13(16)21-15(10)17)9-6-11(18)8(2)5-12(9)19/h5-7,14,20H,3-4H2,1-2H3. The predicted octanol–water partition coefficient (Wildman–Crippen LogP) is 5.95. The van der Waals surface area contributed by atoms with Crippen molar-refractivity contribution in [2.75, 3.05) is 6.54 Å². The van der Waals surface area contributed by atoms with Gasteiger partial charge in [0, 0.05) is 5.56 Å². The molecule has 6 heteroatoms. The Morgan fingerprint density at radius 2 is 1.86 bits per heavy atom. The molecule has 0 saturated carbocycles. The lowest BCUT2D eigenvalue weighted by molar-refractivity contribution is 0.532. The van der Waals surface area contributed by atoms with E-state index in [0.29, 0.717) is 11.1 Å². The van der Waals surface area contributed by atoms with Crippen LogP contribution in [0, 0.1) is 18.6 Å². The highest BCUT2D eigenvalue weighted by Crippen LogP contribution is 2.38. The van der Waals surface area contributed by atoms with Crippen molar-refractivity contribution in [3.63, 3.8) is 0 Å². The van der Waals surface area contributed by atoms with Crippen LogP contribution in [0.25, 0.3) is 0 Å². The quantitative estimate of drug-likeness (QED) is 0.608. The Morgan fingerprint density at radius 1 is 1.14 bits per heavy atom. The first kappa shape index (κ1) is 17.1. The Bertz CT molecular complexity index is 643. The molecule has 0 radical (unpaired) electrons. The van der Waals surface area contributed by atoms with Gasteiger partial charge in [0.25, 0.3) is 0 Å². The van der Waals surface area contributed by atoms with Crippen molar-refractivity contribution in [3.05, 3.63) is 54.1 Å². The molecule has 1 aromatic carbocycles. The first-order valence-electron chi connectivity index (χ1n) is 6.57. The van der Waals surface area contributed by atoms with E-state index in [1.165, 1.54) is 23.5 Å². The Balaban J connectivity index is 2.50. The maximum Gasteiger partial charge on any atom is 0.128 e. The molecule has 1 atom stereocenters. The van der Waals surface area contributed by atoms with Gasteiger partial charge < -0.3 is 5.32 Å². The van der Waals surface area contributed by atoms with Gasteiger partial charge in [-0.2, -0.15) is 0 Å². The summed E-state index contributed by atoms with van der Waals surface area (Å²) in [6, 6.07) is 4.09. The van der Waals surface area contributed by atoms with E-state index in [2.05, 4.69) is 37.2 Å². The number of hydrogen-bond donors (Lipinski definition) is 1.